The van der Waals surface area contributed by atoms with Crippen molar-refractivity contribution in [2.75, 3.05) is 117 Å². The lowest BCUT2D eigenvalue weighted by Gasteiger charge is -2.32. The van der Waals surface area contributed by atoms with E-state index in [2.05, 4.69) is 64.0 Å². The minimum Gasteiger partial charge on any atom is -0.494 e. The normalized spacial score (nSPS) is 13.9. The molecule has 82 heavy (non-hydrogen) atoms. The molecule has 1 saturated heterocycles. The van der Waals surface area contributed by atoms with Crippen LogP contribution in [0.5, 0.6) is 11.5 Å². The van der Waals surface area contributed by atoms with Crippen molar-refractivity contribution in [1.29, 1.82) is 0 Å². The van der Waals surface area contributed by atoms with Crippen molar-refractivity contribution in [2.45, 2.75) is 70.1 Å². The number of carbonyl (C=O) groups excluding carboxylic acids is 4. The number of benzene rings is 4. The highest BCUT2D eigenvalue weighted by atomic mass is 79.9. The zero-order valence-electron chi connectivity index (χ0n) is 46.9. The first-order valence-corrected chi connectivity index (χ1v) is 29.8. The molecule has 1 aliphatic carbocycles. The summed E-state index contributed by atoms with van der Waals surface area (Å²) in [4.78, 5) is 65.6. The third-order valence-electron chi connectivity index (χ3n) is 13.8. The standard InChI is InChI=1S/C60H76BrN11O9S/c1-68(25-6-7-32-80-53-20-10-45(11-21-53)40-56(74)72(52-18-19-52)57(47-12-14-48(61)15-13-47)58(75)62-42-46-8-4-3-5-9-46)30-34-78-37-36-77-33-24-50-43-71(67-66-50)31-35-79-38-39-81-54-22-16-49(17-23-54)63-59(76)65-60-64-51(44-82-60)41-55(73)70-28-26-69(2)27-29-70/h3-5,8-17,20-23,43-44,52,57H,6-7,18-19,24-42H2,1-2H3,(H,62,75)(H2,63,64,65,76). The Kier molecular flexibility index (Phi) is 24.5. The number of piperazine rings is 1. The largest absolute Gasteiger partial charge is 0.494 e. The number of rotatable bonds is 34. The van der Waals surface area contributed by atoms with Gasteiger partial charge in [-0.05, 0) is 112 Å². The second-order valence-electron chi connectivity index (χ2n) is 20.4. The van der Waals surface area contributed by atoms with Crippen LogP contribution in [0.25, 0.3) is 0 Å². The predicted molar refractivity (Wildman–Crippen MR) is 318 cm³/mol. The number of nitrogens with zero attached hydrogens (tertiary/aromatic N) is 8. The van der Waals surface area contributed by atoms with Gasteiger partial charge in [0.05, 0.1) is 77.0 Å². The van der Waals surface area contributed by atoms with Gasteiger partial charge >= 0.3 is 6.03 Å². The number of nitrogens with one attached hydrogen (secondary N) is 3. The van der Waals surface area contributed by atoms with Gasteiger partial charge in [0, 0.05) is 73.5 Å². The Morgan fingerprint density at radius 3 is 2.16 bits per heavy atom. The number of hydrogen-bond donors (Lipinski definition) is 3. The second kappa shape index (κ2) is 32.7. The van der Waals surface area contributed by atoms with Crippen LogP contribution in [0.2, 0.25) is 0 Å². The summed E-state index contributed by atoms with van der Waals surface area (Å²) in [6, 6.07) is 31.1. The van der Waals surface area contributed by atoms with Crippen LogP contribution in [0, 0.1) is 0 Å². The molecule has 3 N–H and O–H groups in total. The topological polar surface area (TPSA) is 207 Å². The predicted octanol–water partition coefficient (Wildman–Crippen LogP) is 7.51. The Bertz CT molecular complexity index is 2890. The Morgan fingerprint density at radius 2 is 1.41 bits per heavy atom. The van der Waals surface area contributed by atoms with Crippen molar-refractivity contribution in [3.8, 4) is 11.5 Å². The Morgan fingerprint density at radius 1 is 0.720 bits per heavy atom. The Labute approximate surface area is 492 Å². The lowest BCUT2D eigenvalue weighted by atomic mass is 10.0. The molecule has 1 unspecified atom stereocenters. The average Bonchev–Trinajstić information content (AvgIpc) is 4.20. The molecule has 2 fully saturated rings. The van der Waals surface area contributed by atoms with Gasteiger partial charge in [-0.15, -0.1) is 16.4 Å². The van der Waals surface area contributed by atoms with E-state index in [1.165, 1.54) is 11.3 Å². The van der Waals surface area contributed by atoms with Gasteiger partial charge in [0.1, 0.15) is 24.1 Å². The molecule has 438 valence electrons. The third-order valence-corrected chi connectivity index (χ3v) is 15.2. The van der Waals surface area contributed by atoms with Crippen LogP contribution in [-0.4, -0.2) is 176 Å². The highest BCUT2D eigenvalue weighted by Crippen LogP contribution is 2.36. The van der Waals surface area contributed by atoms with E-state index in [1.54, 1.807) is 39.2 Å². The number of carbonyl (C=O) groups is 4. The molecule has 22 heteroatoms. The molecular formula is C60H76BrN11O9S. The van der Waals surface area contributed by atoms with Gasteiger partial charge in [-0.1, -0.05) is 75.7 Å². The van der Waals surface area contributed by atoms with Gasteiger partial charge in [0.2, 0.25) is 17.7 Å². The lowest BCUT2D eigenvalue weighted by Crippen LogP contribution is -2.47. The molecule has 2 aromatic heterocycles. The number of urea groups is 1. The summed E-state index contributed by atoms with van der Waals surface area (Å²) in [6.07, 6.45) is 6.59. The maximum absolute atomic E-state index is 14.0. The zero-order valence-corrected chi connectivity index (χ0v) is 49.3. The molecule has 1 aliphatic heterocycles. The molecule has 5 amide bonds. The highest BCUT2D eigenvalue weighted by molar-refractivity contribution is 9.10. The number of thiazole rings is 1. The molecule has 1 saturated carbocycles. The number of anilines is 2. The summed E-state index contributed by atoms with van der Waals surface area (Å²) in [5.41, 5.74) is 4.74. The number of unbranched alkanes of at least 4 members (excludes halogenated alkanes) is 1. The Balaban J connectivity index is 0.604. The fourth-order valence-corrected chi connectivity index (χ4v) is 10.0. The quantitative estimate of drug-likeness (QED) is 0.0335. The number of aromatic nitrogens is 4. The highest BCUT2D eigenvalue weighted by Gasteiger charge is 2.41. The fraction of sp³-hybridized carbons (Fsp3) is 0.450. The number of hydrogen-bond acceptors (Lipinski definition) is 15. The molecule has 20 nitrogen and oxygen atoms in total. The fourth-order valence-electron chi connectivity index (χ4n) is 9.05. The summed E-state index contributed by atoms with van der Waals surface area (Å²) in [6.45, 7) is 9.79. The van der Waals surface area contributed by atoms with Crippen molar-refractivity contribution in [3.63, 3.8) is 0 Å². The molecule has 3 heterocycles. The van der Waals surface area contributed by atoms with Crippen LogP contribution in [0.1, 0.15) is 59.8 Å². The smallest absolute Gasteiger partial charge is 0.325 e. The zero-order chi connectivity index (χ0) is 57.3. The van der Waals surface area contributed by atoms with E-state index in [0.717, 1.165) is 84.5 Å². The van der Waals surface area contributed by atoms with Crippen LogP contribution < -0.4 is 25.4 Å². The van der Waals surface area contributed by atoms with Gasteiger partial charge in [0.25, 0.3) is 0 Å². The Hall–Kier alpha value is -6.79. The van der Waals surface area contributed by atoms with Crippen LogP contribution in [0.4, 0.5) is 15.6 Å². The van der Waals surface area contributed by atoms with Gasteiger partial charge in [-0.3, -0.25) is 19.7 Å². The molecular weight excluding hydrogens is 1130 g/mol. The molecule has 6 aromatic rings. The van der Waals surface area contributed by atoms with Gasteiger partial charge in [0.15, 0.2) is 5.13 Å². The molecule has 4 aromatic carbocycles. The summed E-state index contributed by atoms with van der Waals surface area (Å²) in [5.74, 6) is 1.19. The monoisotopic (exact) mass is 1210 g/mol. The van der Waals surface area contributed by atoms with Gasteiger partial charge in [-0.2, -0.15) is 0 Å². The first kappa shape index (κ1) is 61.3. The van der Waals surface area contributed by atoms with Gasteiger partial charge < -0.3 is 53.9 Å². The van der Waals surface area contributed by atoms with Crippen molar-refractivity contribution < 1.29 is 42.9 Å². The summed E-state index contributed by atoms with van der Waals surface area (Å²) >= 11 is 4.79. The van der Waals surface area contributed by atoms with E-state index in [-0.39, 0.29) is 36.6 Å². The third kappa shape index (κ3) is 20.9. The summed E-state index contributed by atoms with van der Waals surface area (Å²) in [7, 11) is 4.14. The maximum atomic E-state index is 14.0. The molecule has 8 rings (SSSR count). The summed E-state index contributed by atoms with van der Waals surface area (Å²) in [5, 5.41) is 19.3. The van der Waals surface area contributed by atoms with Crippen LogP contribution in [0.15, 0.2) is 119 Å². The van der Waals surface area contributed by atoms with Crippen molar-refractivity contribution in [2.24, 2.45) is 0 Å². The molecule has 2 aliphatic rings. The van der Waals surface area contributed by atoms with E-state index in [1.807, 2.05) is 97.0 Å². The molecule has 1 atom stereocenters. The number of likely N-dealkylation sites (N-methyl/N-ethyl adjacent to an activating group) is 2. The van der Waals surface area contributed by atoms with E-state index in [4.69, 9.17) is 23.7 Å². The van der Waals surface area contributed by atoms with E-state index < -0.39 is 12.1 Å². The van der Waals surface area contributed by atoms with Crippen molar-refractivity contribution in [1.82, 2.24) is 44.9 Å². The van der Waals surface area contributed by atoms with E-state index in [0.29, 0.717) is 108 Å². The minimum absolute atomic E-state index is 0.0251. The molecule has 0 spiro atoms. The number of amides is 5. The average molecular weight is 1210 g/mol. The van der Waals surface area contributed by atoms with Crippen LogP contribution >= 0.6 is 27.3 Å². The first-order chi connectivity index (χ1) is 40.0. The molecule has 0 bridgehead atoms. The van der Waals surface area contributed by atoms with E-state index in [9.17, 15) is 19.2 Å². The molecule has 0 radical (unpaired) electrons. The SMILES string of the molecule is CN(CCCCOc1ccc(CC(=O)N(C2CC2)C(C(=O)NCc2ccccc2)c2ccc(Br)cc2)cc1)CCOCCOCCc1cn(CCOCCOc2ccc(NC(=O)Nc3nc(CC(=O)N4CCN(C)CC4)cs3)cc2)nn1. The van der Waals surface area contributed by atoms with Crippen molar-refractivity contribution in [3.05, 3.63) is 147 Å². The van der Waals surface area contributed by atoms with E-state index >= 15 is 0 Å². The minimum atomic E-state index is -0.731. The van der Waals surface area contributed by atoms with Crippen molar-refractivity contribution >= 4 is 61.8 Å². The number of halogens is 1. The first-order valence-electron chi connectivity index (χ1n) is 28.1. The number of ether oxygens (including phenoxy) is 5. The second-order valence-corrected chi connectivity index (χ2v) is 22.2. The lowest BCUT2D eigenvalue weighted by molar-refractivity contribution is -0.141. The van der Waals surface area contributed by atoms with Crippen LogP contribution in [-0.2, 0) is 60.9 Å². The maximum Gasteiger partial charge on any atom is 0.325 e. The van der Waals surface area contributed by atoms with Gasteiger partial charge in [-0.25, -0.2) is 14.5 Å². The van der Waals surface area contributed by atoms with Crippen LogP contribution in [0.3, 0.4) is 0 Å². The summed E-state index contributed by atoms with van der Waals surface area (Å²) < 4.78 is 31.9.